The van der Waals surface area contributed by atoms with Crippen LogP contribution in [0.1, 0.15) is 74.1 Å². The molecule has 0 aliphatic rings. The van der Waals surface area contributed by atoms with E-state index in [-0.39, 0.29) is 0 Å². The first-order valence-electron chi connectivity index (χ1n) is 7.50. The van der Waals surface area contributed by atoms with Crippen LogP contribution in [0.15, 0.2) is 0 Å². The monoisotopic (exact) mass is 242 g/mol. The summed E-state index contributed by atoms with van der Waals surface area (Å²) in [4.78, 5) is 0. The van der Waals surface area contributed by atoms with E-state index in [0.29, 0.717) is 0 Å². The minimum atomic E-state index is -1.11. The lowest BCUT2D eigenvalue weighted by Gasteiger charge is -2.46. The Morgan fingerprint density at radius 1 is 0.688 bits per heavy atom. The van der Waals surface area contributed by atoms with Crippen molar-refractivity contribution < 1.29 is 0 Å². The molecule has 16 heavy (non-hydrogen) atoms. The zero-order chi connectivity index (χ0) is 12.8. The Morgan fingerprint density at radius 2 is 1.00 bits per heavy atom. The molecule has 3 atom stereocenters. The van der Waals surface area contributed by atoms with Crippen LogP contribution in [0.2, 0.25) is 22.7 Å². The number of rotatable bonds is 8. The fourth-order valence-corrected chi connectivity index (χ4v) is 11.3. The van der Waals surface area contributed by atoms with Gasteiger partial charge in [0.25, 0.3) is 0 Å². The fraction of sp³-hybridized carbons (Fsp3) is 1.00. The molecule has 0 N–H and O–H groups in total. The molecule has 1 heteroatoms. The van der Waals surface area contributed by atoms with E-state index < -0.39 is 8.07 Å². The maximum absolute atomic E-state index is 2.54. The molecule has 0 spiro atoms. The minimum Gasteiger partial charge on any atom is -0.0656 e. The van der Waals surface area contributed by atoms with Gasteiger partial charge in [0.15, 0.2) is 0 Å². The molecule has 0 aromatic rings. The predicted octanol–water partition coefficient (Wildman–Crippen LogP) is 6.25. The maximum Gasteiger partial charge on any atom is 0.0620 e. The highest BCUT2D eigenvalue weighted by Gasteiger charge is 2.44. The molecular weight excluding hydrogens is 208 g/mol. The summed E-state index contributed by atoms with van der Waals surface area (Å²) < 4.78 is 0. The third-order valence-corrected chi connectivity index (χ3v) is 13.4. The van der Waals surface area contributed by atoms with Gasteiger partial charge in [-0.3, -0.25) is 0 Å². The predicted molar refractivity (Wildman–Crippen MR) is 80.0 cm³/mol. The van der Waals surface area contributed by atoms with Crippen molar-refractivity contribution in [3.8, 4) is 0 Å². The zero-order valence-electron chi connectivity index (χ0n) is 12.8. The molecule has 0 heterocycles. The molecule has 0 rings (SSSR count). The van der Waals surface area contributed by atoms with E-state index in [2.05, 4.69) is 48.5 Å². The van der Waals surface area contributed by atoms with Crippen molar-refractivity contribution in [1.29, 1.82) is 0 Å². The van der Waals surface area contributed by atoms with Crippen LogP contribution in [-0.4, -0.2) is 8.07 Å². The summed E-state index contributed by atoms with van der Waals surface area (Å²) >= 11 is 0. The second kappa shape index (κ2) is 7.52. The van der Waals surface area contributed by atoms with Crippen LogP contribution in [0.4, 0.5) is 0 Å². The largest absolute Gasteiger partial charge is 0.0656 e. The van der Waals surface area contributed by atoms with Crippen LogP contribution in [0.5, 0.6) is 0 Å². The average molecular weight is 243 g/mol. The molecule has 0 radical (unpaired) electrons. The lowest BCUT2D eigenvalue weighted by Crippen LogP contribution is -2.46. The first kappa shape index (κ1) is 16.2. The van der Waals surface area contributed by atoms with Crippen molar-refractivity contribution in [2.45, 2.75) is 96.8 Å². The van der Waals surface area contributed by atoms with Crippen LogP contribution in [0, 0.1) is 0 Å². The van der Waals surface area contributed by atoms with Gasteiger partial charge in [-0.2, -0.15) is 0 Å². The first-order valence-corrected chi connectivity index (χ1v) is 9.94. The summed E-state index contributed by atoms with van der Waals surface area (Å²) in [5.74, 6) is 0. The summed E-state index contributed by atoms with van der Waals surface area (Å²) in [7, 11) is -1.11. The summed E-state index contributed by atoms with van der Waals surface area (Å²) in [6, 6.07) is 1.55. The van der Waals surface area contributed by atoms with Gasteiger partial charge in [-0.15, -0.1) is 0 Å². The molecule has 0 amide bonds. The van der Waals surface area contributed by atoms with Crippen LogP contribution in [-0.2, 0) is 0 Å². The van der Waals surface area contributed by atoms with Crippen LogP contribution in [0.25, 0.3) is 0 Å². The van der Waals surface area contributed by atoms with Crippen molar-refractivity contribution >= 4 is 8.07 Å². The fourth-order valence-electron chi connectivity index (χ4n) is 3.77. The third kappa shape index (κ3) is 3.12. The molecule has 0 fully saturated rings. The number of hydrogen-bond acceptors (Lipinski definition) is 0. The molecule has 0 nitrogen and oxygen atoms in total. The Kier molecular flexibility index (Phi) is 7.63. The minimum absolute atomic E-state index is 0.998. The van der Waals surface area contributed by atoms with Gasteiger partial charge < -0.3 is 0 Å². The van der Waals surface area contributed by atoms with E-state index in [4.69, 9.17) is 0 Å². The van der Waals surface area contributed by atoms with E-state index in [9.17, 15) is 0 Å². The Morgan fingerprint density at radius 3 is 1.19 bits per heavy atom. The summed E-state index contributed by atoms with van der Waals surface area (Å²) in [6.45, 7) is 17.2. The standard InChI is InChI=1S/C15H34Si/c1-8-12-16(13(5)9-2,14(6)10-3)15(7)11-4/h13-15H,8-12H2,1-7H3. The Bertz CT molecular complexity index is 150. The van der Waals surface area contributed by atoms with Gasteiger partial charge in [0, 0.05) is 0 Å². The molecule has 0 aliphatic heterocycles. The van der Waals surface area contributed by atoms with E-state index >= 15 is 0 Å². The van der Waals surface area contributed by atoms with Gasteiger partial charge in [-0.1, -0.05) is 80.2 Å². The van der Waals surface area contributed by atoms with Gasteiger partial charge in [-0.05, 0) is 16.6 Å². The Balaban J connectivity index is 5.19. The Labute approximate surface area is 105 Å². The van der Waals surface area contributed by atoms with E-state index in [1.807, 2.05) is 0 Å². The third-order valence-electron chi connectivity index (χ3n) is 5.27. The molecule has 0 saturated carbocycles. The highest BCUT2D eigenvalue weighted by Crippen LogP contribution is 2.49. The quantitative estimate of drug-likeness (QED) is 0.442. The first-order chi connectivity index (χ1) is 7.50. The van der Waals surface area contributed by atoms with Crippen molar-refractivity contribution in [1.82, 2.24) is 0 Å². The van der Waals surface area contributed by atoms with E-state index in [1.54, 1.807) is 6.04 Å². The number of hydrogen-bond donors (Lipinski definition) is 0. The van der Waals surface area contributed by atoms with Gasteiger partial charge >= 0.3 is 0 Å². The normalized spacial score (nSPS) is 21.2. The molecule has 0 aromatic heterocycles. The van der Waals surface area contributed by atoms with E-state index in [1.165, 1.54) is 25.7 Å². The average Bonchev–Trinajstić information content (AvgIpc) is 2.32. The van der Waals surface area contributed by atoms with E-state index in [0.717, 1.165) is 16.6 Å². The zero-order valence-corrected chi connectivity index (χ0v) is 13.8. The van der Waals surface area contributed by atoms with Gasteiger partial charge in [-0.25, -0.2) is 0 Å². The second-order valence-electron chi connectivity index (χ2n) is 5.79. The SMILES string of the molecule is CCC[Si](C(C)CC)(C(C)CC)C(C)CC. The topological polar surface area (TPSA) is 0 Å². The van der Waals surface area contributed by atoms with Crippen molar-refractivity contribution in [2.75, 3.05) is 0 Å². The maximum atomic E-state index is 2.54. The molecule has 3 unspecified atom stereocenters. The summed E-state index contributed by atoms with van der Waals surface area (Å²) in [5, 5.41) is 0. The van der Waals surface area contributed by atoms with Crippen LogP contribution < -0.4 is 0 Å². The second-order valence-corrected chi connectivity index (χ2v) is 11.5. The van der Waals surface area contributed by atoms with Crippen molar-refractivity contribution in [3.63, 3.8) is 0 Å². The molecule has 0 saturated heterocycles. The highest BCUT2D eigenvalue weighted by molar-refractivity contribution is 6.83. The van der Waals surface area contributed by atoms with Crippen LogP contribution >= 0.6 is 0 Å². The molecule has 98 valence electrons. The van der Waals surface area contributed by atoms with Gasteiger partial charge in [0.1, 0.15) is 0 Å². The van der Waals surface area contributed by atoms with Crippen LogP contribution in [0.3, 0.4) is 0 Å². The lowest BCUT2D eigenvalue weighted by atomic mass is 10.3. The van der Waals surface area contributed by atoms with Gasteiger partial charge in [0.05, 0.1) is 8.07 Å². The highest BCUT2D eigenvalue weighted by atomic mass is 28.3. The molecule has 0 bridgehead atoms. The van der Waals surface area contributed by atoms with Gasteiger partial charge in [0.2, 0.25) is 0 Å². The van der Waals surface area contributed by atoms with Crippen molar-refractivity contribution in [2.24, 2.45) is 0 Å². The lowest BCUT2D eigenvalue weighted by molar-refractivity contribution is 0.671. The summed E-state index contributed by atoms with van der Waals surface area (Å²) in [6.07, 6.45) is 5.56. The van der Waals surface area contributed by atoms with Crippen molar-refractivity contribution in [3.05, 3.63) is 0 Å². The smallest absolute Gasteiger partial charge is 0.0620 e. The molecule has 0 aromatic carbocycles. The Hall–Kier alpha value is 0.217. The summed E-state index contributed by atoms with van der Waals surface area (Å²) in [5.41, 5.74) is 2.99. The molecular formula is C15H34Si. The molecule has 0 aliphatic carbocycles.